The molecule has 2 aromatic rings. The summed E-state index contributed by atoms with van der Waals surface area (Å²) < 4.78 is 7.34. The fourth-order valence-corrected chi connectivity index (χ4v) is 2.40. The maximum absolute atomic E-state index is 11.9. The number of nitrogens with one attached hydrogen (secondary N) is 1. The molecule has 0 saturated heterocycles. The number of benzene rings is 1. The Balaban J connectivity index is 0.00000242. The quantitative estimate of drug-likeness (QED) is 0.795. The van der Waals surface area contributed by atoms with E-state index in [1.807, 2.05) is 18.2 Å². The maximum atomic E-state index is 11.9. The molecule has 0 saturated carbocycles. The summed E-state index contributed by atoms with van der Waals surface area (Å²) in [5.74, 6) is -0.0837. The van der Waals surface area contributed by atoms with Gasteiger partial charge in [0.1, 0.15) is 0 Å². The highest BCUT2D eigenvalue weighted by atomic mass is 35.5. The number of nitrogens with zero attached hydrogens (tertiary/aromatic N) is 1. The van der Waals surface area contributed by atoms with Gasteiger partial charge in [-0.25, -0.2) is 0 Å². The molecule has 0 aliphatic carbocycles. The van der Waals surface area contributed by atoms with Gasteiger partial charge in [-0.15, -0.1) is 24.8 Å². The Morgan fingerprint density at radius 3 is 2.70 bits per heavy atom. The van der Waals surface area contributed by atoms with Crippen molar-refractivity contribution >= 4 is 47.3 Å². The predicted molar refractivity (Wildman–Crippen MR) is 99.8 cm³/mol. The third-order valence-corrected chi connectivity index (χ3v) is 3.53. The lowest BCUT2D eigenvalue weighted by molar-refractivity contribution is -0.118. The van der Waals surface area contributed by atoms with E-state index >= 15 is 0 Å². The molecule has 7 heteroatoms. The van der Waals surface area contributed by atoms with Crippen LogP contribution in [0.3, 0.4) is 0 Å². The van der Waals surface area contributed by atoms with Crippen molar-refractivity contribution in [3.05, 3.63) is 30.5 Å². The van der Waals surface area contributed by atoms with Crippen LogP contribution in [0.2, 0.25) is 0 Å². The van der Waals surface area contributed by atoms with Crippen molar-refractivity contribution in [2.45, 2.75) is 32.4 Å². The number of nitrogens with two attached hydrogens (primary N) is 1. The normalized spacial score (nSPS) is 11.4. The van der Waals surface area contributed by atoms with Crippen molar-refractivity contribution in [1.29, 1.82) is 0 Å². The summed E-state index contributed by atoms with van der Waals surface area (Å²) in [5, 5.41) is 4.02. The summed E-state index contributed by atoms with van der Waals surface area (Å²) in [6, 6.07) is 8.02. The zero-order valence-electron chi connectivity index (χ0n) is 13.5. The van der Waals surface area contributed by atoms with E-state index in [1.165, 1.54) is 5.52 Å². The third-order valence-electron chi connectivity index (χ3n) is 3.53. The first-order valence-corrected chi connectivity index (χ1v) is 7.29. The lowest BCUT2D eigenvalue weighted by Gasteiger charge is -2.12. The van der Waals surface area contributed by atoms with Crippen molar-refractivity contribution in [3.8, 4) is 0 Å². The van der Waals surface area contributed by atoms with Gasteiger partial charge < -0.3 is 20.4 Å². The maximum Gasteiger partial charge on any atom is 0.227 e. The molecule has 1 aromatic carbocycles. The Morgan fingerprint density at radius 2 is 2.09 bits per heavy atom. The highest BCUT2D eigenvalue weighted by molar-refractivity contribution is 5.94. The predicted octanol–water partition coefficient (Wildman–Crippen LogP) is 3.20. The number of methoxy groups -OCH3 is 1. The molecule has 5 nitrogen and oxygen atoms in total. The number of hydrogen-bond acceptors (Lipinski definition) is 3. The number of carbonyl (C=O) groups is 1. The molecule has 1 heterocycles. The van der Waals surface area contributed by atoms with E-state index in [0.29, 0.717) is 6.54 Å². The molecule has 130 valence electrons. The first kappa shape index (κ1) is 21.7. The van der Waals surface area contributed by atoms with Crippen LogP contribution in [0.4, 0.5) is 5.69 Å². The van der Waals surface area contributed by atoms with Gasteiger partial charge in [-0.1, -0.05) is 6.92 Å². The summed E-state index contributed by atoms with van der Waals surface area (Å²) in [5.41, 5.74) is 7.51. The van der Waals surface area contributed by atoms with Gasteiger partial charge >= 0.3 is 0 Å². The minimum atomic E-state index is -0.237. The molecule has 1 aromatic heterocycles. The Kier molecular flexibility index (Phi) is 9.91. The number of anilines is 1. The summed E-state index contributed by atoms with van der Waals surface area (Å²) >= 11 is 0. The lowest BCUT2D eigenvalue weighted by atomic mass is 10.2. The van der Waals surface area contributed by atoms with Crippen LogP contribution in [0.1, 0.15) is 19.8 Å². The molecule has 0 radical (unpaired) electrons. The number of carbonyl (C=O) groups excluding carboxylic acids is 1. The topological polar surface area (TPSA) is 69.3 Å². The van der Waals surface area contributed by atoms with E-state index in [-0.39, 0.29) is 43.2 Å². The van der Waals surface area contributed by atoms with Crippen molar-refractivity contribution in [2.24, 2.45) is 5.73 Å². The third kappa shape index (κ3) is 5.70. The van der Waals surface area contributed by atoms with E-state index < -0.39 is 0 Å². The van der Waals surface area contributed by atoms with Crippen LogP contribution in [0.5, 0.6) is 0 Å². The number of ether oxygens (including phenoxy) is 1. The highest BCUT2D eigenvalue weighted by Crippen LogP contribution is 2.21. The Bertz CT molecular complexity index is 612. The molecular weight excluding hydrogens is 337 g/mol. The van der Waals surface area contributed by atoms with Crippen molar-refractivity contribution in [3.63, 3.8) is 0 Å². The number of aromatic nitrogens is 1. The number of rotatable bonds is 7. The molecule has 23 heavy (non-hydrogen) atoms. The molecule has 2 rings (SSSR count). The zero-order valence-corrected chi connectivity index (χ0v) is 15.1. The number of halogens is 2. The van der Waals surface area contributed by atoms with E-state index in [0.717, 1.165) is 24.0 Å². The van der Waals surface area contributed by atoms with E-state index in [9.17, 15) is 4.79 Å². The summed E-state index contributed by atoms with van der Waals surface area (Å²) in [4.78, 5) is 11.9. The first-order valence-electron chi connectivity index (χ1n) is 7.29. The number of fused-ring (bicyclic) bond motifs is 1. The average Bonchev–Trinajstić information content (AvgIpc) is 2.87. The molecule has 1 amide bonds. The van der Waals surface area contributed by atoms with Gasteiger partial charge in [0.25, 0.3) is 0 Å². The van der Waals surface area contributed by atoms with Crippen LogP contribution in [-0.2, 0) is 16.1 Å². The highest BCUT2D eigenvalue weighted by Gasteiger charge is 2.12. The van der Waals surface area contributed by atoms with Gasteiger partial charge in [-0.3, -0.25) is 4.79 Å². The molecular formula is C16H25Cl2N3O2. The Hall–Kier alpha value is -1.27. The van der Waals surface area contributed by atoms with Crippen molar-refractivity contribution in [1.82, 2.24) is 4.57 Å². The number of hydrogen-bond donors (Lipinski definition) is 2. The minimum Gasteiger partial charge on any atom is -0.380 e. The summed E-state index contributed by atoms with van der Waals surface area (Å²) in [6.07, 6.45) is 3.20. The minimum absolute atomic E-state index is 0. The fraction of sp³-hybridized carbons (Fsp3) is 0.438. The monoisotopic (exact) mass is 361 g/mol. The standard InChI is InChI=1S/C16H23N3O2.2ClH/c1-3-7-19-8-6-12-9-13(4-5-15(12)19)18-16(20)10-14(11-17)21-2;;/h4-6,8-9,14H,3,7,10-11,17H2,1-2H3,(H,18,20);2*1H. The molecule has 0 aliphatic heterocycles. The van der Waals surface area contributed by atoms with Crippen LogP contribution >= 0.6 is 24.8 Å². The van der Waals surface area contributed by atoms with Gasteiger partial charge in [0.15, 0.2) is 0 Å². The van der Waals surface area contributed by atoms with Gasteiger partial charge in [-0.2, -0.15) is 0 Å². The first-order chi connectivity index (χ1) is 10.2. The van der Waals surface area contributed by atoms with E-state index in [1.54, 1.807) is 7.11 Å². The molecule has 0 fully saturated rings. The summed E-state index contributed by atoms with van der Waals surface area (Å²) in [7, 11) is 1.56. The number of amides is 1. The van der Waals surface area contributed by atoms with Crippen LogP contribution < -0.4 is 11.1 Å². The molecule has 0 aliphatic rings. The lowest BCUT2D eigenvalue weighted by Crippen LogP contribution is -2.28. The largest absolute Gasteiger partial charge is 0.380 e. The van der Waals surface area contributed by atoms with Crippen LogP contribution in [0, 0.1) is 0 Å². The van der Waals surface area contributed by atoms with Gasteiger partial charge in [-0.05, 0) is 30.7 Å². The van der Waals surface area contributed by atoms with Gasteiger partial charge in [0.2, 0.25) is 5.91 Å². The molecule has 0 spiro atoms. The Morgan fingerprint density at radius 1 is 1.35 bits per heavy atom. The van der Waals surface area contributed by atoms with Crippen LogP contribution in [0.15, 0.2) is 30.5 Å². The van der Waals surface area contributed by atoms with Crippen molar-refractivity contribution in [2.75, 3.05) is 19.0 Å². The second-order valence-corrected chi connectivity index (χ2v) is 5.13. The van der Waals surface area contributed by atoms with Crippen molar-refractivity contribution < 1.29 is 9.53 Å². The SMILES string of the molecule is CCCn1ccc2cc(NC(=O)CC(CN)OC)ccc21.Cl.Cl. The molecule has 1 unspecified atom stereocenters. The smallest absolute Gasteiger partial charge is 0.227 e. The molecule has 0 bridgehead atoms. The second kappa shape index (κ2) is 10.5. The number of aryl methyl sites for hydroxylation is 1. The van der Waals surface area contributed by atoms with Gasteiger partial charge in [0.05, 0.1) is 12.5 Å². The van der Waals surface area contributed by atoms with Gasteiger partial charge in [0, 0.05) is 43.0 Å². The molecule has 1 atom stereocenters. The Labute approximate surface area is 149 Å². The van der Waals surface area contributed by atoms with Crippen LogP contribution in [-0.4, -0.2) is 30.2 Å². The van der Waals surface area contributed by atoms with Crippen LogP contribution in [0.25, 0.3) is 10.9 Å². The second-order valence-electron chi connectivity index (χ2n) is 5.13. The molecule has 3 N–H and O–H groups in total. The van der Waals surface area contributed by atoms with E-state index in [4.69, 9.17) is 10.5 Å². The summed E-state index contributed by atoms with van der Waals surface area (Å²) in [6.45, 7) is 3.49. The van der Waals surface area contributed by atoms with E-state index in [2.05, 4.69) is 29.1 Å². The fourth-order valence-electron chi connectivity index (χ4n) is 2.40. The average molecular weight is 362 g/mol. The zero-order chi connectivity index (χ0) is 15.2.